The van der Waals surface area contributed by atoms with E-state index in [0.29, 0.717) is 6.42 Å². The Morgan fingerprint density at radius 1 is 1.22 bits per heavy atom. The molecule has 3 heteroatoms. The first kappa shape index (κ1) is 14.6. The summed E-state index contributed by atoms with van der Waals surface area (Å²) in [5, 5.41) is 9.29. The molecule has 0 heterocycles. The Hall–Kier alpha value is -1.51. The lowest BCUT2D eigenvalue weighted by Crippen LogP contribution is -2.41. The Kier molecular flexibility index (Phi) is 5.69. The van der Waals surface area contributed by atoms with Crippen LogP contribution < -0.4 is 4.90 Å². The fourth-order valence-electron chi connectivity index (χ4n) is 2.16. The maximum Gasteiger partial charge on any atom is 0.326 e. The predicted molar refractivity (Wildman–Crippen MR) is 75.2 cm³/mol. The normalized spacial score (nSPS) is 12.2. The molecule has 0 aliphatic rings. The minimum Gasteiger partial charge on any atom is -0.480 e. The molecule has 0 saturated carbocycles. The van der Waals surface area contributed by atoms with Crippen LogP contribution in [0.4, 0.5) is 5.69 Å². The fourth-order valence-corrected chi connectivity index (χ4v) is 2.16. The van der Waals surface area contributed by atoms with Crippen molar-refractivity contribution in [3.05, 3.63) is 29.8 Å². The number of anilines is 1. The average Bonchev–Trinajstić information content (AvgIpc) is 2.38. The predicted octanol–water partition coefficient (Wildman–Crippen LogP) is 3.33. The topological polar surface area (TPSA) is 40.5 Å². The minimum atomic E-state index is -0.745. The van der Waals surface area contributed by atoms with Crippen molar-refractivity contribution in [3.8, 4) is 0 Å². The molecule has 0 aliphatic heterocycles. The van der Waals surface area contributed by atoms with Crippen molar-refractivity contribution in [2.45, 2.75) is 46.1 Å². The Bertz CT molecular complexity index is 373. The van der Waals surface area contributed by atoms with Crippen molar-refractivity contribution in [1.29, 1.82) is 0 Å². The molecule has 1 rings (SSSR count). The molecule has 0 amide bonds. The van der Waals surface area contributed by atoms with Crippen LogP contribution in [0.3, 0.4) is 0 Å². The van der Waals surface area contributed by atoms with E-state index in [1.807, 2.05) is 24.0 Å². The molecule has 1 atom stereocenters. The number of carboxylic acids is 1. The van der Waals surface area contributed by atoms with Gasteiger partial charge in [-0.05, 0) is 37.0 Å². The van der Waals surface area contributed by atoms with Gasteiger partial charge in [0, 0.05) is 12.2 Å². The molecule has 0 radical (unpaired) electrons. The molecule has 100 valence electrons. The van der Waals surface area contributed by atoms with Gasteiger partial charge in [0.2, 0.25) is 0 Å². The Morgan fingerprint density at radius 3 is 2.22 bits per heavy atom. The van der Waals surface area contributed by atoms with E-state index in [9.17, 15) is 9.90 Å². The number of hydrogen-bond donors (Lipinski definition) is 1. The van der Waals surface area contributed by atoms with Crippen molar-refractivity contribution in [2.75, 3.05) is 11.4 Å². The van der Waals surface area contributed by atoms with Gasteiger partial charge in [-0.15, -0.1) is 0 Å². The summed E-state index contributed by atoms with van der Waals surface area (Å²) in [6.45, 7) is 6.88. The highest BCUT2D eigenvalue weighted by atomic mass is 16.4. The van der Waals surface area contributed by atoms with E-state index in [1.165, 1.54) is 5.56 Å². The van der Waals surface area contributed by atoms with Crippen molar-refractivity contribution < 1.29 is 9.90 Å². The number of carboxylic acid groups (broad SMARTS) is 1. The third kappa shape index (κ3) is 3.49. The monoisotopic (exact) mass is 249 g/mol. The number of carbonyl (C=O) groups is 1. The van der Waals surface area contributed by atoms with Crippen molar-refractivity contribution >= 4 is 11.7 Å². The zero-order chi connectivity index (χ0) is 13.5. The molecule has 0 unspecified atom stereocenters. The maximum absolute atomic E-state index is 11.3. The molecule has 0 saturated heterocycles. The van der Waals surface area contributed by atoms with Crippen LogP contribution in [0.1, 0.15) is 39.2 Å². The summed E-state index contributed by atoms with van der Waals surface area (Å²) in [6, 6.07) is 7.77. The van der Waals surface area contributed by atoms with Gasteiger partial charge < -0.3 is 10.0 Å². The van der Waals surface area contributed by atoms with Gasteiger partial charge in [-0.25, -0.2) is 4.79 Å². The second-order valence-electron chi connectivity index (χ2n) is 4.48. The second kappa shape index (κ2) is 7.04. The van der Waals surface area contributed by atoms with Crippen molar-refractivity contribution in [3.63, 3.8) is 0 Å². The van der Waals surface area contributed by atoms with Crippen molar-refractivity contribution in [1.82, 2.24) is 0 Å². The number of nitrogens with zero attached hydrogens (tertiary/aromatic N) is 1. The van der Waals surface area contributed by atoms with Crippen LogP contribution in [-0.2, 0) is 11.2 Å². The van der Waals surface area contributed by atoms with E-state index < -0.39 is 12.0 Å². The van der Waals surface area contributed by atoms with Crippen LogP contribution in [-0.4, -0.2) is 23.7 Å². The second-order valence-corrected chi connectivity index (χ2v) is 4.48. The van der Waals surface area contributed by atoms with Crippen LogP contribution in [0.5, 0.6) is 0 Å². The standard InChI is InChI=1S/C15H23NO2/c1-4-11-16(14(6-3)15(17)18)13-9-7-12(5-2)8-10-13/h7-10,14H,4-6,11H2,1-3H3,(H,17,18)/t14-/m1/s1. The van der Waals surface area contributed by atoms with E-state index >= 15 is 0 Å². The molecule has 0 fully saturated rings. The van der Waals surface area contributed by atoms with Crippen LogP contribution in [0.25, 0.3) is 0 Å². The molecule has 1 N–H and O–H groups in total. The largest absolute Gasteiger partial charge is 0.480 e. The highest BCUT2D eigenvalue weighted by molar-refractivity contribution is 5.78. The highest BCUT2D eigenvalue weighted by Gasteiger charge is 2.23. The van der Waals surface area contributed by atoms with E-state index in [-0.39, 0.29) is 0 Å². The van der Waals surface area contributed by atoms with Gasteiger partial charge in [-0.2, -0.15) is 0 Å². The molecule has 0 aromatic heterocycles. The van der Waals surface area contributed by atoms with Gasteiger partial charge >= 0.3 is 5.97 Å². The average molecular weight is 249 g/mol. The summed E-state index contributed by atoms with van der Waals surface area (Å²) >= 11 is 0. The number of hydrogen-bond acceptors (Lipinski definition) is 2. The smallest absolute Gasteiger partial charge is 0.326 e. The molecule has 3 nitrogen and oxygen atoms in total. The number of benzene rings is 1. The molecular weight excluding hydrogens is 226 g/mol. The Morgan fingerprint density at radius 2 is 1.83 bits per heavy atom. The number of aliphatic carboxylic acids is 1. The minimum absolute atomic E-state index is 0.433. The SMILES string of the molecule is CCCN(c1ccc(CC)cc1)[C@H](CC)C(=O)O. The Labute approximate surface area is 109 Å². The first-order valence-corrected chi connectivity index (χ1v) is 6.72. The molecule has 1 aromatic rings. The fraction of sp³-hybridized carbons (Fsp3) is 0.533. The maximum atomic E-state index is 11.3. The zero-order valence-corrected chi connectivity index (χ0v) is 11.5. The van der Waals surface area contributed by atoms with E-state index in [4.69, 9.17) is 0 Å². The third-order valence-corrected chi connectivity index (χ3v) is 3.19. The lowest BCUT2D eigenvalue weighted by Gasteiger charge is -2.30. The molecule has 0 spiro atoms. The summed E-state index contributed by atoms with van der Waals surface area (Å²) in [6.07, 6.45) is 2.56. The summed E-state index contributed by atoms with van der Waals surface area (Å²) in [4.78, 5) is 13.3. The summed E-state index contributed by atoms with van der Waals surface area (Å²) in [5.74, 6) is -0.745. The first-order valence-electron chi connectivity index (χ1n) is 6.72. The molecule has 18 heavy (non-hydrogen) atoms. The number of aryl methyl sites for hydroxylation is 1. The summed E-state index contributed by atoms with van der Waals surface area (Å²) in [7, 11) is 0. The molecule has 1 aromatic carbocycles. The quantitative estimate of drug-likeness (QED) is 0.805. The van der Waals surface area contributed by atoms with Gasteiger partial charge in [-0.1, -0.05) is 32.9 Å². The summed E-state index contributed by atoms with van der Waals surface area (Å²) in [5.41, 5.74) is 2.28. The lowest BCUT2D eigenvalue weighted by molar-refractivity contribution is -0.138. The van der Waals surface area contributed by atoms with E-state index in [1.54, 1.807) is 0 Å². The third-order valence-electron chi connectivity index (χ3n) is 3.19. The highest BCUT2D eigenvalue weighted by Crippen LogP contribution is 2.20. The van der Waals surface area contributed by atoms with Crippen LogP contribution in [0.2, 0.25) is 0 Å². The van der Waals surface area contributed by atoms with Crippen LogP contribution in [0, 0.1) is 0 Å². The van der Waals surface area contributed by atoms with Gasteiger partial charge in [0.15, 0.2) is 0 Å². The molecular formula is C15H23NO2. The van der Waals surface area contributed by atoms with Crippen LogP contribution >= 0.6 is 0 Å². The van der Waals surface area contributed by atoms with E-state index in [2.05, 4.69) is 26.0 Å². The lowest BCUT2D eigenvalue weighted by atomic mass is 10.1. The molecule has 0 bridgehead atoms. The van der Waals surface area contributed by atoms with Gasteiger partial charge in [0.25, 0.3) is 0 Å². The van der Waals surface area contributed by atoms with Crippen molar-refractivity contribution in [2.24, 2.45) is 0 Å². The summed E-state index contributed by atoms with van der Waals surface area (Å²) < 4.78 is 0. The van der Waals surface area contributed by atoms with Gasteiger partial charge in [0.1, 0.15) is 6.04 Å². The van der Waals surface area contributed by atoms with E-state index in [0.717, 1.165) is 25.1 Å². The number of rotatable bonds is 7. The molecule has 0 aliphatic carbocycles. The van der Waals surface area contributed by atoms with Gasteiger partial charge in [-0.3, -0.25) is 0 Å². The van der Waals surface area contributed by atoms with Gasteiger partial charge in [0.05, 0.1) is 0 Å². The van der Waals surface area contributed by atoms with Crippen LogP contribution in [0.15, 0.2) is 24.3 Å². The Balaban J connectivity index is 2.98. The zero-order valence-electron chi connectivity index (χ0n) is 11.5. The first-order chi connectivity index (χ1) is 8.63.